The lowest BCUT2D eigenvalue weighted by molar-refractivity contribution is 0.0569. The Hall–Kier alpha value is -2.97. The zero-order chi connectivity index (χ0) is 24.9. The highest BCUT2D eigenvalue weighted by molar-refractivity contribution is 5.97. The first-order valence-electron chi connectivity index (χ1n) is 12.5. The van der Waals surface area contributed by atoms with Crippen molar-refractivity contribution in [2.75, 3.05) is 46.9 Å². The first-order chi connectivity index (χ1) is 16.8. The van der Waals surface area contributed by atoms with Crippen molar-refractivity contribution in [3.63, 3.8) is 0 Å². The van der Waals surface area contributed by atoms with Gasteiger partial charge in [0.15, 0.2) is 0 Å². The summed E-state index contributed by atoms with van der Waals surface area (Å²) < 4.78 is 10.8. The molecule has 1 unspecified atom stereocenters. The number of amides is 1. The SMILES string of the molecule is Cc1c(OCCCCN(C)C)ccc(C(C)N2CC(CNC(=O)c3ccc4nonc4c3)C2)c1C. The van der Waals surface area contributed by atoms with E-state index in [-0.39, 0.29) is 5.91 Å². The van der Waals surface area contributed by atoms with E-state index in [1.165, 1.54) is 16.7 Å². The van der Waals surface area contributed by atoms with E-state index in [9.17, 15) is 4.79 Å². The van der Waals surface area contributed by atoms with E-state index in [1.807, 2.05) is 0 Å². The Morgan fingerprint density at radius 3 is 2.69 bits per heavy atom. The second kappa shape index (κ2) is 11.2. The van der Waals surface area contributed by atoms with Crippen LogP contribution < -0.4 is 10.1 Å². The molecule has 1 fully saturated rings. The van der Waals surface area contributed by atoms with Crippen LogP contribution in [-0.2, 0) is 0 Å². The van der Waals surface area contributed by atoms with Gasteiger partial charge in [0.05, 0.1) is 6.61 Å². The van der Waals surface area contributed by atoms with Gasteiger partial charge in [-0.3, -0.25) is 9.69 Å². The van der Waals surface area contributed by atoms with Crippen molar-refractivity contribution in [1.29, 1.82) is 0 Å². The van der Waals surface area contributed by atoms with Crippen LogP contribution in [-0.4, -0.2) is 72.9 Å². The average Bonchev–Trinajstić information content (AvgIpc) is 3.28. The molecule has 1 saturated heterocycles. The third-order valence-electron chi connectivity index (χ3n) is 7.09. The van der Waals surface area contributed by atoms with Crippen molar-refractivity contribution < 1.29 is 14.2 Å². The van der Waals surface area contributed by atoms with Crippen LogP contribution in [0, 0.1) is 19.8 Å². The number of likely N-dealkylation sites (tertiary alicyclic amines) is 1. The van der Waals surface area contributed by atoms with Gasteiger partial charge < -0.3 is 15.0 Å². The molecule has 0 spiro atoms. The summed E-state index contributed by atoms with van der Waals surface area (Å²) in [6, 6.07) is 9.87. The Morgan fingerprint density at radius 1 is 1.14 bits per heavy atom. The predicted molar refractivity (Wildman–Crippen MR) is 137 cm³/mol. The van der Waals surface area contributed by atoms with Crippen molar-refractivity contribution in [1.82, 2.24) is 25.4 Å². The van der Waals surface area contributed by atoms with Gasteiger partial charge in [0.1, 0.15) is 16.8 Å². The molecule has 0 aliphatic carbocycles. The van der Waals surface area contributed by atoms with Gasteiger partial charge in [0, 0.05) is 37.2 Å². The van der Waals surface area contributed by atoms with Crippen LogP contribution in [0.5, 0.6) is 5.75 Å². The van der Waals surface area contributed by atoms with Crippen LogP contribution in [0.1, 0.15) is 52.9 Å². The summed E-state index contributed by atoms with van der Waals surface area (Å²) in [5.74, 6) is 1.35. The van der Waals surface area contributed by atoms with E-state index in [2.05, 4.69) is 72.4 Å². The highest BCUT2D eigenvalue weighted by Crippen LogP contribution is 2.34. The summed E-state index contributed by atoms with van der Waals surface area (Å²) in [6.07, 6.45) is 2.21. The molecular weight excluding hydrogens is 442 g/mol. The Morgan fingerprint density at radius 2 is 1.91 bits per heavy atom. The number of ether oxygens (including phenoxy) is 1. The van der Waals surface area contributed by atoms with E-state index in [0.29, 0.717) is 35.1 Å². The number of aromatic nitrogens is 2. The molecule has 1 amide bonds. The molecule has 1 N–H and O–H groups in total. The summed E-state index contributed by atoms with van der Waals surface area (Å²) in [7, 11) is 4.20. The number of fused-ring (bicyclic) bond motifs is 1. The minimum atomic E-state index is -0.0924. The number of carbonyl (C=O) groups excluding carboxylic acids is 1. The van der Waals surface area contributed by atoms with E-state index in [4.69, 9.17) is 9.37 Å². The number of benzene rings is 2. The molecule has 1 aliphatic rings. The largest absolute Gasteiger partial charge is 0.493 e. The van der Waals surface area contributed by atoms with Gasteiger partial charge in [0.25, 0.3) is 5.91 Å². The highest BCUT2D eigenvalue weighted by atomic mass is 16.6. The van der Waals surface area contributed by atoms with Gasteiger partial charge in [-0.05, 0) is 106 Å². The van der Waals surface area contributed by atoms with Crippen molar-refractivity contribution in [2.45, 2.75) is 39.7 Å². The summed E-state index contributed by atoms with van der Waals surface area (Å²) in [5.41, 5.74) is 5.69. The quantitative estimate of drug-likeness (QED) is 0.417. The molecule has 2 aromatic carbocycles. The Bertz CT molecular complexity index is 1150. The fourth-order valence-electron chi connectivity index (χ4n) is 4.65. The summed E-state index contributed by atoms with van der Waals surface area (Å²) in [6.45, 7) is 11.1. The number of hydrogen-bond acceptors (Lipinski definition) is 7. The van der Waals surface area contributed by atoms with Crippen LogP contribution in [0.25, 0.3) is 11.0 Å². The first kappa shape index (κ1) is 25.1. The highest BCUT2D eigenvalue weighted by Gasteiger charge is 2.32. The molecule has 4 rings (SSSR count). The van der Waals surface area contributed by atoms with Crippen LogP contribution in [0.4, 0.5) is 0 Å². The lowest BCUT2D eigenvalue weighted by Crippen LogP contribution is -2.52. The standard InChI is InChI=1S/C27H37N5O3/c1-18-19(2)26(34-13-7-6-12-31(4)5)11-9-23(18)20(3)32-16-21(17-32)15-28-27(33)22-8-10-24-25(14-22)30-35-29-24/h8-11,14,20-21H,6-7,12-13,15-17H2,1-5H3,(H,28,33). The molecule has 0 bridgehead atoms. The average molecular weight is 480 g/mol. The number of carbonyl (C=O) groups is 1. The summed E-state index contributed by atoms with van der Waals surface area (Å²) in [4.78, 5) is 17.2. The Labute approximate surface area is 207 Å². The molecule has 3 aromatic rings. The molecule has 8 heteroatoms. The third-order valence-corrected chi connectivity index (χ3v) is 7.09. The van der Waals surface area contributed by atoms with Crippen molar-refractivity contribution >= 4 is 16.9 Å². The van der Waals surface area contributed by atoms with E-state index < -0.39 is 0 Å². The molecule has 0 saturated carbocycles. The number of nitrogens with one attached hydrogen (secondary N) is 1. The smallest absolute Gasteiger partial charge is 0.251 e. The predicted octanol–water partition coefficient (Wildman–Crippen LogP) is 3.98. The monoisotopic (exact) mass is 479 g/mol. The zero-order valence-electron chi connectivity index (χ0n) is 21.5. The first-order valence-corrected chi connectivity index (χ1v) is 12.5. The Kier molecular flexibility index (Phi) is 8.03. The van der Waals surface area contributed by atoms with Gasteiger partial charge in [-0.25, -0.2) is 4.63 Å². The second-order valence-corrected chi connectivity index (χ2v) is 9.94. The maximum atomic E-state index is 12.5. The van der Waals surface area contributed by atoms with Crippen LogP contribution in [0.3, 0.4) is 0 Å². The van der Waals surface area contributed by atoms with Gasteiger partial charge >= 0.3 is 0 Å². The van der Waals surface area contributed by atoms with E-state index in [1.54, 1.807) is 18.2 Å². The van der Waals surface area contributed by atoms with Crippen LogP contribution in [0.2, 0.25) is 0 Å². The van der Waals surface area contributed by atoms with Crippen LogP contribution >= 0.6 is 0 Å². The van der Waals surface area contributed by atoms with E-state index >= 15 is 0 Å². The van der Waals surface area contributed by atoms with Crippen LogP contribution in [0.15, 0.2) is 35.0 Å². The topological polar surface area (TPSA) is 83.7 Å². The summed E-state index contributed by atoms with van der Waals surface area (Å²) in [5, 5.41) is 10.6. The van der Waals surface area contributed by atoms with Gasteiger partial charge in [-0.1, -0.05) is 6.07 Å². The normalized spacial score (nSPS) is 15.4. The lowest BCUT2D eigenvalue weighted by atomic mass is 9.91. The lowest BCUT2D eigenvalue weighted by Gasteiger charge is -2.44. The number of hydrogen-bond donors (Lipinski definition) is 1. The molecular formula is C27H37N5O3. The zero-order valence-corrected chi connectivity index (χ0v) is 21.5. The second-order valence-electron chi connectivity index (χ2n) is 9.94. The van der Waals surface area contributed by atoms with Gasteiger partial charge in [-0.2, -0.15) is 0 Å². The molecule has 8 nitrogen and oxygen atoms in total. The fourth-order valence-corrected chi connectivity index (χ4v) is 4.65. The van der Waals surface area contributed by atoms with Crippen molar-refractivity contribution in [2.24, 2.45) is 5.92 Å². The molecule has 0 radical (unpaired) electrons. The minimum Gasteiger partial charge on any atom is -0.493 e. The maximum absolute atomic E-state index is 12.5. The maximum Gasteiger partial charge on any atom is 0.251 e. The number of nitrogens with zero attached hydrogens (tertiary/aromatic N) is 4. The molecule has 1 aromatic heterocycles. The fraction of sp³-hybridized carbons (Fsp3) is 0.519. The van der Waals surface area contributed by atoms with Gasteiger partial charge in [0.2, 0.25) is 0 Å². The number of unbranched alkanes of at least 4 members (excludes halogenated alkanes) is 1. The van der Waals surface area contributed by atoms with Crippen molar-refractivity contribution in [3.05, 3.63) is 52.6 Å². The number of rotatable bonds is 11. The summed E-state index contributed by atoms with van der Waals surface area (Å²) >= 11 is 0. The molecule has 2 heterocycles. The van der Waals surface area contributed by atoms with E-state index in [0.717, 1.165) is 44.8 Å². The van der Waals surface area contributed by atoms with Gasteiger partial charge in [-0.15, -0.1) is 0 Å². The third kappa shape index (κ3) is 6.00. The molecule has 1 aliphatic heterocycles. The molecule has 35 heavy (non-hydrogen) atoms. The minimum absolute atomic E-state index is 0.0924. The Balaban J connectivity index is 1.24. The van der Waals surface area contributed by atoms with Crippen molar-refractivity contribution in [3.8, 4) is 5.75 Å². The molecule has 1 atom stereocenters. The molecule has 188 valence electrons.